The lowest BCUT2D eigenvalue weighted by atomic mass is 10.1. The largest absolute Gasteiger partial charge is 0.496 e. The molecule has 0 bridgehead atoms. The average Bonchev–Trinajstić information content (AvgIpc) is 2.85. The lowest BCUT2D eigenvalue weighted by molar-refractivity contribution is 0.408. The molecule has 0 aliphatic heterocycles. The van der Waals surface area contributed by atoms with Gasteiger partial charge in [-0.25, -0.2) is 0 Å². The number of hydrogen-bond donors (Lipinski definition) is 1. The van der Waals surface area contributed by atoms with Crippen molar-refractivity contribution in [1.29, 1.82) is 0 Å². The minimum Gasteiger partial charge on any atom is -0.496 e. The van der Waals surface area contributed by atoms with Crippen LogP contribution in [0.4, 0.5) is 0 Å². The van der Waals surface area contributed by atoms with Crippen LogP contribution in [0.25, 0.3) is 0 Å². The van der Waals surface area contributed by atoms with E-state index in [0.717, 1.165) is 18.0 Å². The second-order valence-corrected chi connectivity index (χ2v) is 5.02. The van der Waals surface area contributed by atoms with Crippen LogP contribution < -0.4 is 10.1 Å². The van der Waals surface area contributed by atoms with E-state index >= 15 is 0 Å². The molecule has 0 radical (unpaired) electrons. The predicted molar refractivity (Wildman–Crippen MR) is 75.4 cm³/mol. The van der Waals surface area contributed by atoms with Crippen molar-refractivity contribution in [3.8, 4) is 5.75 Å². The molecule has 0 amide bonds. The highest BCUT2D eigenvalue weighted by atomic mass is 32.1. The van der Waals surface area contributed by atoms with Gasteiger partial charge in [-0.1, -0.05) is 13.0 Å². The van der Waals surface area contributed by atoms with Gasteiger partial charge >= 0.3 is 0 Å². The maximum Gasteiger partial charge on any atom is 0.134 e. The summed E-state index contributed by atoms with van der Waals surface area (Å²) in [6.07, 6.45) is 1.93. The van der Waals surface area contributed by atoms with Crippen LogP contribution in [-0.4, -0.2) is 18.6 Å². The summed E-state index contributed by atoms with van der Waals surface area (Å²) in [6.45, 7) is 5.01. The zero-order valence-electron chi connectivity index (χ0n) is 10.9. The molecular weight excluding hydrogens is 244 g/mol. The summed E-state index contributed by atoms with van der Waals surface area (Å²) in [5.41, 5.74) is 2.20. The molecule has 2 rings (SSSR count). The number of aromatic nitrogens is 1. The second kappa shape index (κ2) is 5.98. The Hall–Kier alpha value is -1.39. The zero-order chi connectivity index (χ0) is 13.0. The quantitative estimate of drug-likeness (QED) is 0.898. The van der Waals surface area contributed by atoms with Crippen LogP contribution in [0.1, 0.15) is 29.1 Å². The Kier molecular flexibility index (Phi) is 4.33. The maximum atomic E-state index is 5.41. The van der Waals surface area contributed by atoms with Crippen LogP contribution in [0.15, 0.2) is 29.8 Å². The number of thiophene rings is 1. The van der Waals surface area contributed by atoms with Crippen LogP contribution in [0.3, 0.4) is 0 Å². The number of pyridine rings is 1. The topological polar surface area (TPSA) is 34.2 Å². The third-order valence-corrected chi connectivity index (χ3v) is 3.78. The van der Waals surface area contributed by atoms with E-state index in [1.54, 1.807) is 18.4 Å². The third kappa shape index (κ3) is 2.71. The molecule has 4 heteroatoms. The third-order valence-electron chi connectivity index (χ3n) is 2.82. The summed E-state index contributed by atoms with van der Waals surface area (Å²) < 4.78 is 5.41. The molecule has 2 aromatic heterocycles. The molecule has 18 heavy (non-hydrogen) atoms. The van der Waals surface area contributed by atoms with Crippen molar-refractivity contribution in [3.05, 3.63) is 45.9 Å². The second-order valence-electron chi connectivity index (χ2n) is 4.08. The van der Waals surface area contributed by atoms with Crippen molar-refractivity contribution in [2.45, 2.75) is 19.9 Å². The molecule has 96 valence electrons. The fourth-order valence-electron chi connectivity index (χ4n) is 1.90. The first kappa shape index (κ1) is 13.1. The zero-order valence-corrected chi connectivity index (χ0v) is 11.8. The van der Waals surface area contributed by atoms with Crippen molar-refractivity contribution in [3.63, 3.8) is 0 Å². The standard InChI is InChI=1S/C14H18N2OS/c1-4-15-13(11-6-5-10(2)16-9-11)14-12(17-3)7-8-18-14/h5-9,13,15H,4H2,1-3H3. The molecule has 0 fully saturated rings. The molecule has 0 spiro atoms. The summed E-state index contributed by atoms with van der Waals surface area (Å²) in [6, 6.07) is 6.32. The lowest BCUT2D eigenvalue weighted by Crippen LogP contribution is -2.21. The number of rotatable bonds is 5. The molecule has 0 aromatic carbocycles. The van der Waals surface area contributed by atoms with Gasteiger partial charge in [0.15, 0.2) is 0 Å². The van der Waals surface area contributed by atoms with Gasteiger partial charge in [-0.2, -0.15) is 0 Å². The van der Waals surface area contributed by atoms with E-state index in [9.17, 15) is 0 Å². The van der Waals surface area contributed by atoms with Crippen LogP contribution in [0.5, 0.6) is 5.75 Å². The van der Waals surface area contributed by atoms with Gasteiger partial charge in [0.2, 0.25) is 0 Å². The Morgan fingerprint density at radius 3 is 2.83 bits per heavy atom. The van der Waals surface area contributed by atoms with Crippen molar-refractivity contribution in [2.75, 3.05) is 13.7 Å². The van der Waals surface area contributed by atoms with Crippen LogP contribution in [0.2, 0.25) is 0 Å². The fourth-order valence-corrected chi connectivity index (χ4v) is 2.87. The summed E-state index contributed by atoms with van der Waals surface area (Å²) >= 11 is 1.71. The minimum atomic E-state index is 0.151. The summed E-state index contributed by atoms with van der Waals surface area (Å²) in [5, 5.41) is 5.54. The molecule has 0 saturated heterocycles. The van der Waals surface area contributed by atoms with E-state index in [1.807, 2.05) is 25.3 Å². The van der Waals surface area contributed by atoms with Gasteiger partial charge in [0.05, 0.1) is 18.0 Å². The fraction of sp³-hybridized carbons (Fsp3) is 0.357. The predicted octanol–water partition coefficient (Wildman–Crippen LogP) is 3.16. The van der Waals surface area contributed by atoms with E-state index in [1.165, 1.54) is 10.4 Å². The van der Waals surface area contributed by atoms with Gasteiger partial charge in [0, 0.05) is 11.9 Å². The molecule has 1 atom stereocenters. The van der Waals surface area contributed by atoms with E-state index < -0.39 is 0 Å². The number of nitrogens with one attached hydrogen (secondary N) is 1. The lowest BCUT2D eigenvalue weighted by Gasteiger charge is -2.18. The molecule has 0 aliphatic carbocycles. The summed E-state index contributed by atoms with van der Waals surface area (Å²) in [7, 11) is 1.71. The smallest absolute Gasteiger partial charge is 0.134 e. The van der Waals surface area contributed by atoms with Crippen molar-refractivity contribution in [1.82, 2.24) is 10.3 Å². The van der Waals surface area contributed by atoms with Crippen LogP contribution in [0, 0.1) is 6.92 Å². The molecular formula is C14H18N2OS. The first-order valence-electron chi connectivity index (χ1n) is 6.03. The highest BCUT2D eigenvalue weighted by Gasteiger charge is 2.18. The van der Waals surface area contributed by atoms with E-state index in [0.29, 0.717) is 0 Å². The monoisotopic (exact) mass is 262 g/mol. The van der Waals surface area contributed by atoms with Gasteiger partial charge < -0.3 is 10.1 Å². The van der Waals surface area contributed by atoms with E-state index in [4.69, 9.17) is 4.74 Å². The SMILES string of the molecule is CCNC(c1ccc(C)nc1)c1sccc1OC. The number of ether oxygens (including phenoxy) is 1. The van der Waals surface area contributed by atoms with Gasteiger partial charge in [-0.05, 0) is 36.5 Å². The number of aryl methyl sites for hydroxylation is 1. The summed E-state index contributed by atoms with van der Waals surface area (Å²) in [5.74, 6) is 0.937. The molecule has 1 N–H and O–H groups in total. The highest BCUT2D eigenvalue weighted by molar-refractivity contribution is 7.10. The van der Waals surface area contributed by atoms with Crippen LogP contribution >= 0.6 is 11.3 Å². The van der Waals surface area contributed by atoms with E-state index in [2.05, 4.69) is 28.7 Å². The summed E-state index contributed by atoms with van der Waals surface area (Å²) in [4.78, 5) is 5.57. The number of hydrogen-bond acceptors (Lipinski definition) is 4. The van der Waals surface area contributed by atoms with Gasteiger partial charge in [-0.3, -0.25) is 4.98 Å². The average molecular weight is 262 g/mol. The number of methoxy groups -OCH3 is 1. The molecule has 3 nitrogen and oxygen atoms in total. The minimum absolute atomic E-state index is 0.151. The van der Waals surface area contributed by atoms with Crippen LogP contribution in [-0.2, 0) is 0 Å². The Bertz CT molecular complexity index is 493. The molecule has 1 unspecified atom stereocenters. The van der Waals surface area contributed by atoms with Crippen molar-refractivity contribution < 1.29 is 4.74 Å². The molecule has 0 aliphatic rings. The Balaban J connectivity index is 2.36. The van der Waals surface area contributed by atoms with Crippen molar-refractivity contribution >= 4 is 11.3 Å². The Labute approximate surface area is 112 Å². The maximum absolute atomic E-state index is 5.41. The Morgan fingerprint density at radius 2 is 2.22 bits per heavy atom. The first-order chi connectivity index (χ1) is 8.76. The number of nitrogens with zero attached hydrogens (tertiary/aromatic N) is 1. The Morgan fingerprint density at radius 1 is 1.39 bits per heavy atom. The first-order valence-corrected chi connectivity index (χ1v) is 6.91. The van der Waals surface area contributed by atoms with Gasteiger partial charge in [0.1, 0.15) is 5.75 Å². The molecule has 2 heterocycles. The van der Waals surface area contributed by atoms with Gasteiger partial charge in [-0.15, -0.1) is 11.3 Å². The highest BCUT2D eigenvalue weighted by Crippen LogP contribution is 2.34. The molecule has 2 aromatic rings. The normalized spacial score (nSPS) is 12.4. The van der Waals surface area contributed by atoms with E-state index in [-0.39, 0.29) is 6.04 Å². The van der Waals surface area contributed by atoms with Gasteiger partial charge in [0.25, 0.3) is 0 Å². The molecule has 0 saturated carbocycles. The van der Waals surface area contributed by atoms with Crippen molar-refractivity contribution in [2.24, 2.45) is 0 Å².